The summed E-state index contributed by atoms with van der Waals surface area (Å²) < 4.78 is 11.7. The van der Waals surface area contributed by atoms with E-state index in [1.54, 1.807) is 36.4 Å². The number of rotatable bonds is 8. The van der Waals surface area contributed by atoms with Crippen LogP contribution in [0.5, 0.6) is 11.5 Å². The number of imide groups is 1. The molecule has 1 aliphatic rings. The number of hydrogen-bond donors (Lipinski definition) is 1. The van der Waals surface area contributed by atoms with E-state index in [0.717, 1.165) is 10.5 Å². The summed E-state index contributed by atoms with van der Waals surface area (Å²) in [5, 5.41) is 0. The molecule has 7 heteroatoms. The van der Waals surface area contributed by atoms with Crippen LogP contribution < -0.4 is 20.1 Å². The number of fused-ring (bicyclic) bond motifs is 1. The number of carbonyl (C=O) groups excluding carboxylic acids is 3. The summed E-state index contributed by atoms with van der Waals surface area (Å²) in [5.41, 5.74) is 7.75. The summed E-state index contributed by atoms with van der Waals surface area (Å²) in [6.45, 7) is 0.202. The fraction of sp³-hybridized carbons (Fsp3) is 0.160. The quantitative estimate of drug-likeness (QED) is 0.552. The Balaban J connectivity index is 1.82. The highest BCUT2D eigenvalue weighted by atomic mass is 16.5. The molecule has 0 spiro atoms. The molecule has 162 valence electrons. The second-order valence-electron chi connectivity index (χ2n) is 7.34. The summed E-state index contributed by atoms with van der Waals surface area (Å²) >= 11 is 0. The van der Waals surface area contributed by atoms with E-state index in [0.29, 0.717) is 34.6 Å². The van der Waals surface area contributed by atoms with Crippen molar-refractivity contribution in [1.29, 1.82) is 0 Å². The third-order valence-corrected chi connectivity index (χ3v) is 5.28. The average Bonchev–Trinajstić information content (AvgIpc) is 3.06. The molecule has 1 aliphatic heterocycles. The van der Waals surface area contributed by atoms with Gasteiger partial charge in [0.1, 0.15) is 18.0 Å². The Kier molecular flexibility index (Phi) is 5.89. The lowest BCUT2D eigenvalue weighted by molar-refractivity contribution is -0.118. The first-order valence-corrected chi connectivity index (χ1v) is 10.1. The van der Waals surface area contributed by atoms with E-state index in [9.17, 15) is 14.4 Å². The average molecular weight is 430 g/mol. The maximum absolute atomic E-state index is 13.2. The lowest BCUT2D eigenvalue weighted by Crippen LogP contribution is -2.30. The Morgan fingerprint density at radius 2 is 1.53 bits per heavy atom. The molecular weight excluding hydrogens is 408 g/mol. The highest BCUT2D eigenvalue weighted by Gasteiger charge is 2.40. The molecule has 0 aromatic heterocycles. The third-order valence-electron chi connectivity index (χ3n) is 5.28. The molecule has 3 aromatic rings. The summed E-state index contributed by atoms with van der Waals surface area (Å²) in [6, 6.07) is 19.6. The molecule has 0 fully saturated rings. The number of anilines is 1. The minimum Gasteiger partial charge on any atom is -0.494 e. The Bertz CT molecular complexity index is 1160. The first-order valence-electron chi connectivity index (χ1n) is 10.1. The van der Waals surface area contributed by atoms with E-state index in [2.05, 4.69) is 0 Å². The van der Waals surface area contributed by atoms with Gasteiger partial charge in [-0.05, 0) is 35.7 Å². The molecule has 1 heterocycles. The van der Waals surface area contributed by atoms with Crippen molar-refractivity contribution < 1.29 is 23.9 Å². The maximum atomic E-state index is 13.2. The number of nitrogens with zero attached hydrogens (tertiary/aromatic N) is 1. The lowest BCUT2D eigenvalue weighted by Gasteiger charge is -2.23. The fourth-order valence-corrected chi connectivity index (χ4v) is 3.71. The monoisotopic (exact) mass is 430 g/mol. The smallest absolute Gasteiger partial charge is 0.266 e. The van der Waals surface area contributed by atoms with E-state index in [4.69, 9.17) is 15.2 Å². The predicted molar refractivity (Wildman–Crippen MR) is 119 cm³/mol. The van der Waals surface area contributed by atoms with Gasteiger partial charge in [-0.2, -0.15) is 0 Å². The van der Waals surface area contributed by atoms with Gasteiger partial charge >= 0.3 is 0 Å². The van der Waals surface area contributed by atoms with Crippen molar-refractivity contribution in [3.8, 4) is 11.5 Å². The second kappa shape index (κ2) is 8.93. The summed E-state index contributed by atoms with van der Waals surface area (Å²) in [7, 11) is 1.46. The highest BCUT2D eigenvalue weighted by Crippen LogP contribution is 2.44. The molecule has 7 nitrogen and oxygen atoms in total. The Morgan fingerprint density at radius 1 is 0.906 bits per heavy atom. The Labute approximate surface area is 185 Å². The van der Waals surface area contributed by atoms with Crippen molar-refractivity contribution in [2.75, 3.05) is 12.0 Å². The summed E-state index contributed by atoms with van der Waals surface area (Å²) in [4.78, 5) is 38.9. The molecule has 4 rings (SSSR count). The molecule has 0 saturated heterocycles. The van der Waals surface area contributed by atoms with Gasteiger partial charge in [-0.1, -0.05) is 48.5 Å². The minimum atomic E-state index is -0.461. The van der Waals surface area contributed by atoms with Gasteiger partial charge in [-0.15, -0.1) is 0 Å². The van der Waals surface area contributed by atoms with Gasteiger partial charge < -0.3 is 15.2 Å². The number of carbonyl (C=O) groups is 3. The molecule has 0 saturated carbocycles. The van der Waals surface area contributed by atoms with Gasteiger partial charge in [0.2, 0.25) is 5.91 Å². The van der Waals surface area contributed by atoms with E-state index >= 15 is 0 Å². The molecule has 0 bridgehead atoms. The molecule has 32 heavy (non-hydrogen) atoms. The SMILES string of the molecule is COc1ccc(CCC(N)=O)c(OCc2ccccc2)c1N1C(=O)c2ccccc2C1=O. The van der Waals surface area contributed by atoms with Crippen LogP contribution in [0.3, 0.4) is 0 Å². The van der Waals surface area contributed by atoms with Crippen LogP contribution in [0.4, 0.5) is 5.69 Å². The number of benzene rings is 3. The second-order valence-corrected chi connectivity index (χ2v) is 7.34. The number of aryl methyl sites for hydroxylation is 1. The van der Waals surface area contributed by atoms with Gasteiger partial charge in [-0.25, -0.2) is 4.90 Å². The van der Waals surface area contributed by atoms with Crippen LogP contribution in [0.1, 0.15) is 38.3 Å². The summed E-state index contributed by atoms with van der Waals surface area (Å²) in [6.07, 6.45) is 0.384. The van der Waals surface area contributed by atoms with Gasteiger partial charge in [-0.3, -0.25) is 14.4 Å². The van der Waals surface area contributed by atoms with Crippen molar-refractivity contribution in [1.82, 2.24) is 0 Å². The molecular formula is C25H22N2O5. The van der Waals surface area contributed by atoms with Crippen LogP contribution >= 0.6 is 0 Å². The van der Waals surface area contributed by atoms with Crippen molar-refractivity contribution in [3.63, 3.8) is 0 Å². The first-order chi connectivity index (χ1) is 15.5. The first kappa shape index (κ1) is 21.1. The molecule has 3 aromatic carbocycles. The maximum Gasteiger partial charge on any atom is 0.266 e. The van der Waals surface area contributed by atoms with Gasteiger partial charge in [0.15, 0.2) is 5.75 Å². The predicted octanol–water partition coefficient (Wildman–Crippen LogP) is 3.49. The van der Waals surface area contributed by atoms with E-state index in [1.165, 1.54) is 7.11 Å². The minimum absolute atomic E-state index is 0.0928. The van der Waals surface area contributed by atoms with E-state index in [-0.39, 0.29) is 18.7 Å². The fourth-order valence-electron chi connectivity index (χ4n) is 3.71. The number of nitrogens with two attached hydrogens (primary N) is 1. The zero-order chi connectivity index (χ0) is 22.7. The number of primary amides is 1. The standard InChI is InChI=1S/C25H22N2O5/c1-31-20-13-11-17(12-14-21(26)28)23(32-15-16-7-3-2-4-8-16)22(20)27-24(29)18-9-5-6-10-19(18)25(27)30/h2-11,13H,12,14-15H2,1H3,(H2,26,28). The van der Waals surface area contributed by atoms with Crippen LogP contribution in [-0.2, 0) is 17.8 Å². The largest absolute Gasteiger partial charge is 0.494 e. The molecule has 2 N–H and O–H groups in total. The van der Waals surface area contributed by atoms with Crippen molar-refractivity contribution in [2.24, 2.45) is 5.73 Å². The lowest BCUT2D eigenvalue weighted by atomic mass is 10.1. The van der Waals surface area contributed by atoms with Gasteiger partial charge in [0, 0.05) is 6.42 Å². The molecule has 0 aliphatic carbocycles. The molecule has 0 atom stereocenters. The zero-order valence-electron chi connectivity index (χ0n) is 17.5. The van der Waals surface area contributed by atoms with Gasteiger partial charge in [0.05, 0.1) is 18.2 Å². The molecule has 0 unspecified atom stereocenters. The molecule has 3 amide bonds. The Hall–Kier alpha value is -4.13. The van der Waals surface area contributed by atoms with Crippen LogP contribution in [-0.4, -0.2) is 24.8 Å². The van der Waals surface area contributed by atoms with Gasteiger partial charge in [0.25, 0.3) is 11.8 Å². The van der Waals surface area contributed by atoms with Crippen LogP contribution in [0.15, 0.2) is 66.7 Å². The third kappa shape index (κ3) is 3.92. The van der Waals surface area contributed by atoms with Crippen molar-refractivity contribution >= 4 is 23.4 Å². The van der Waals surface area contributed by atoms with Crippen LogP contribution in [0.25, 0.3) is 0 Å². The van der Waals surface area contributed by atoms with Crippen LogP contribution in [0, 0.1) is 0 Å². The topological polar surface area (TPSA) is 98.9 Å². The Morgan fingerprint density at radius 3 is 2.12 bits per heavy atom. The normalized spacial score (nSPS) is 12.6. The molecule has 0 radical (unpaired) electrons. The van der Waals surface area contributed by atoms with Crippen molar-refractivity contribution in [2.45, 2.75) is 19.4 Å². The number of ether oxygens (including phenoxy) is 2. The zero-order valence-corrected chi connectivity index (χ0v) is 17.5. The summed E-state index contributed by atoms with van der Waals surface area (Å²) in [5.74, 6) is -0.757. The van der Waals surface area contributed by atoms with E-state index in [1.807, 2.05) is 30.3 Å². The van der Waals surface area contributed by atoms with Crippen molar-refractivity contribution in [3.05, 3.63) is 89.0 Å². The number of hydrogen-bond acceptors (Lipinski definition) is 5. The van der Waals surface area contributed by atoms with E-state index < -0.39 is 17.7 Å². The number of amides is 3. The van der Waals surface area contributed by atoms with Crippen LogP contribution in [0.2, 0.25) is 0 Å². The number of methoxy groups -OCH3 is 1. The highest BCUT2D eigenvalue weighted by molar-refractivity contribution is 6.35.